The number of carbonyl (C=O) groups excluding carboxylic acids is 4. The highest BCUT2D eigenvalue weighted by Gasteiger charge is 2.43. The number of nitriles is 1. The second-order valence-corrected chi connectivity index (χ2v) is 7.21. The smallest absolute Gasteiger partial charge is 0.306 e. The van der Waals surface area contributed by atoms with Crippen molar-refractivity contribution < 1.29 is 23.9 Å². The lowest BCUT2D eigenvalue weighted by Gasteiger charge is -2.22. The topological polar surface area (TPSA) is 117 Å². The molecule has 1 aliphatic carbocycles. The summed E-state index contributed by atoms with van der Waals surface area (Å²) in [5.74, 6) is -1.73. The summed E-state index contributed by atoms with van der Waals surface area (Å²) >= 11 is 0. The number of hydrogen-bond acceptors (Lipinski definition) is 6. The van der Waals surface area contributed by atoms with Crippen molar-refractivity contribution in [2.45, 2.75) is 38.1 Å². The zero-order chi connectivity index (χ0) is 20.3. The molecule has 8 heteroatoms. The van der Waals surface area contributed by atoms with Crippen LogP contribution in [0.25, 0.3) is 0 Å². The van der Waals surface area contributed by atoms with Crippen molar-refractivity contribution in [3.63, 3.8) is 0 Å². The second-order valence-electron chi connectivity index (χ2n) is 7.21. The number of amides is 3. The molecule has 146 valence electrons. The summed E-state index contributed by atoms with van der Waals surface area (Å²) in [5.41, 5.74) is -0.208. The molecule has 1 aliphatic heterocycles. The zero-order valence-electron chi connectivity index (χ0n) is 15.6. The second kappa shape index (κ2) is 7.80. The van der Waals surface area contributed by atoms with E-state index in [1.807, 2.05) is 0 Å². The van der Waals surface area contributed by atoms with Crippen molar-refractivity contribution in [2.75, 3.05) is 13.2 Å². The first-order valence-electron chi connectivity index (χ1n) is 9.19. The minimum absolute atomic E-state index is 0.0289. The van der Waals surface area contributed by atoms with E-state index in [-0.39, 0.29) is 37.1 Å². The number of nitrogens with one attached hydrogen (secondary N) is 1. The van der Waals surface area contributed by atoms with E-state index >= 15 is 0 Å². The van der Waals surface area contributed by atoms with Crippen LogP contribution in [0.3, 0.4) is 0 Å². The summed E-state index contributed by atoms with van der Waals surface area (Å²) in [4.78, 5) is 49.3. The third-order valence-corrected chi connectivity index (χ3v) is 5.03. The Kier molecular flexibility index (Phi) is 5.45. The Bertz CT molecular complexity index is 836. The number of hydrogen-bond donors (Lipinski definition) is 1. The van der Waals surface area contributed by atoms with Gasteiger partial charge in [-0.1, -0.05) is 12.1 Å². The number of imide groups is 1. The molecule has 0 unspecified atom stereocenters. The van der Waals surface area contributed by atoms with E-state index in [1.165, 1.54) is 0 Å². The summed E-state index contributed by atoms with van der Waals surface area (Å²) in [6.45, 7) is 1.30. The molecular weight excluding hydrogens is 362 g/mol. The van der Waals surface area contributed by atoms with E-state index in [4.69, 9.17) is 4.74 Å². The number of fused-ring (bicyclic) bond motifs is 1. The zero-order valence-corrected chi connectivity index (χ0v) is 15.6. The van der Waals surface area contributed by atoms with Crippen LogP contribution in [0.2, 0.25) is 0 Å². The van der Waals surface area contributed by atoms with Crippen LogP contribution in [0.15, 0.2) is 24.3 Å². The van der Waals surface area contributed by atoms with Crippen molar-refractivity contribution in [2.24, 2.45) is 5.92 Å². The van der Waals surface area contributed by atoms with Crippen molar-refractivity contribution >= 4 is 23.7 Å². The van der Waals surface area contributed by atoms with E-state index in [1.54, 1.807) is 31.2 Å². The molecule has 1 aromatic carbocycles. The van der Waals surface area contributed by atoms with Crippen LogP contribution >= 0.6 is 0 Å². The number of nitrogens with zero attached hydrogens (tertiary/aromatic N) is 2. The molecule has 1 heterocycles. The fraction of sp³-hybridized carbons (Fsp3) is 0.450. The van der Waals surface area contributed by atoms with Crippen LogP contribution < -0.4 is 5.32 Å². The van der Waals surface area contributed by atoms with E-state index in [9.17, 15) is 24.4 Å². The van der Waals surface area contributed by atoms with Crippen LogP contribution in [-0.4, -0.2) is 47.3 Å². The molecule has 3 amide bonds. The predicted octanol–water partition coefficient (Wildman–Crippen LogP) is 1.41. The average molecular weight is 383 g/mol. The lowest BCUT2D eigenvalue weighted by Crippen LogP contribution is -2.48. The molecule has 1 N–H and O–H groups in total. The maximum atomic E-state index is 12.2. The number of benzene rings is 1. The van der Waals surface area contributed by atoms with Crippen LogP contribution in [0.4, 0.5) is 0 Å². The van der Waals surface area contributed by atoms with Crippen LogP contribution in [-0.2, 0) is 14.3 Å². The number of esters is 1. The Morgan fingerprint density at radius 2 is 1.86 bits per heavy atom. The van der Waals surface area contributed by atoms with Gasteiger partial charge in [-0.05, 0) is 44.2 Å². The average Bonchev–Trinajstić information content (AvgIpc) is 3.51. The molecule has 8 nitrogen and oxygen atoms in total. The van der Waals surface area contributed by atoms with Crippen molar-refractivity contribution in [3.05, 3.63) is 35.4 Å². The Hall–Kier alpha value is -3.21. The van der Waals surface area contributed by atoms with E-state index < -0.39 is 24.0 Å². The monoisotopic (exact) mass is 383 g/mol. The molecule has 3 rings (SSSR count). The predicted molar refractivity (Wildman–Crippen MR) is 96.9 cm³/mol. The first kappa shape index (κ1) is 19.5. The molecule has 0 aromatic heterocycles. The van der Waals surface area contributed by atoms with E-state index in [0.717, 1.165) is 17.7 Å². The van der Waals surface area contributed by atoms with Crippen LogP contribution in [0.5, 0.6) is 0 Å². The van der Waals surface area contributed by atoms with Gasteiger partial charge in [0.15, 0.2) is 6.61 Å². The van der Waals surface area contributed by atoms with Gasteiger partial charge in [0.1, 0.15) is 5.54 Å². The third-order valence-electron chi connectivity index (χ3n) is 5.03. The van der Waals surface area contributed by atoms with E-state index in [0.29, 0.717) is 11.1 Å². The first-order chi connectivity index (χ1) is 13.4. The minimum atomic E-state index is -0.936. The molecule has 0 spiro atoms. The lowest BCUT2D eigenvalue weighted by molar-refractivity contribution is -0.149. The van der Waals surface area contributed by atoms with Gasteiger partial charge in [-0.15, -0.1) is 0 Å². The molecular formula is C20H21N3O5. The quantitative estimate of drug-likeness (QED) is 0.536. The molecule has 1 aromatic rings. The Morgan fingerprint density at radius 1 is 1.25 bits per heavy atom. The Labute approximate surface area is 162 Å². The lowest BCUT2D eigenvalue weighted by atomic mass is 9.98. The molecule has 1 saturated carbocycles. The first-order valence-corrected chi connectivity index (χ1v) is 9.19. The SMILES string of the molecule is C[C@@](C#N)(NC(=O)COC(=O)CCCN1C(=O)c2ccccc2C1=O)C1CC1. The standard InChI is InChI=1S/C20H21N3O5/c1-20(12-21,13-8-9-13)22-16(24)11-28-17(25)7-4-10-23-18(26)14-5-2-3-6-15(14)19(23)27/h2-3,5-6,13H,4,7-11H2,1H3,(H,22,24)/t20-/m0/s1. The van der Waals surface area contributed by atoms with Gasteiger partial charge >= 0.3 is 5.97 Å². The van der Waals surface area contributed by atoms with Crippen molar-refractivity contribution in [3.8, 4) is 6.07 Å². The largest absolute Gasteiger partial charge is 0.456 e. The summed E-state index contributed by atoms with van der Waals surface area (Å²) in [6, 6.07) is 8.67. The molecule has 0 radical (unpaired) electrons. The number of carbonyl (C=O) groups is 4. The van der Waals surface area contributed by atoms with E-state index in [2.05, 4.69) is 11.4 Å². The van der Waals surface area contributed by atoms with Gasteiger partial charge in [-0.2, -0.15) is 5.26 Å². The summed E-state index contributed by atoms with van der Waals surface area (Å²) < 4.78 is 4.93. The highest BCUT2D eigenvalue weighted by molar-refractivity contribution is 6.21. The van der Waals surface area contributed by atoms with Gasteiger partial charge in [0.25, 0.3) is 17.7 Å². The van der Waals surface area contributed by atoms with Gasteiger partial charge in [0.05, 0.1) is 17.2 Å². The Balaban J connectivity index is 1.40. The van der Waals surface area contributed by atoms with Gasteiger partial charge < -0.3 is 10.1 Å². The summed E-state index contributed by atoms with van der Waals surface area (Å²) in [7, 11) is 0. The fourth-order valence-corrected chi connectivity index (χ4v) is 3.25. The summed E-state index contributed by atoms with van der Waals surface area (Å²) in [5, 5.41) is 11.8. The molecule has 0 bridgehead atoms. The number of rotatable bonds is 8. The highest BCUT2D eigenvalue weighted by atomic mass is 16.5. The minimum Gasteiger partial charge on any atom is -0.456 e. The molecule has 1 atom stereocenters. The Morgan fingerprint density at radius 3 is 2.39 bits per heavy atom. The maximum Gasteiger partial charge on any atom is 0.306 e. The third kappa shape index (κ3) is 4.03. The van der Waals surface area contributed by atoms with Gasteiger partial charge in [0.2, 0.25) is 0 Å². The fourth-order valence-electron chi connectivity index (χ4n) is 3.25. The van der Waals surface area contributed by atoms with Crippen LogP contribution in [0, 0.1) is 17.2 Å². The van der Waals surface area contributed by atoms with Crippen molar-refractivity contribution in [1.82, 2.24) is 10.2 Å². The molecule has 28 heavy (non-hydrogen) atoms. The number of ether oxygens (including phenoxy) is 1. The van der Waals surface area contributed by atoms with Crippen LogP contribution in [0.1, 0.15) is 53.3 Å². The van der Waals surface area contributed by atoms with Gasteiger partial charge in [-0.3, -0.25) is 24.1 Å². The normalized spacial score (nSPS) is 17.5. The van der Waals surface area contributed by atoms with Crippen molar-refractivity contribution in [1.29, 1.82) is 5.26 Å². The van der Waals surface area contributed by atoms with Gasteiger partial charge in [0, 0.05) is 13.0 Å². The molecule has 2 aliphatic rings. The van der Waals surface area contributed by atoms with Gasteiger partial charge in [-0.25, -0.2) is 0 Å². The summed E-state index contributed by atoms with van der Waals surface area (Å²) in [6.07, 6.45) is 1.99. The maximum absolute atomic E-state index is 12.2. The molecule has 0 saturated heterocycles. The molecule has 1 fully saturated rings. The highest BCUT2D eigenvalue weighted by Crippen LogP contribution is 2.39.